The zero-order valence-corrected chi connectivity index (χ0v) is 12.3. The summed E-state index contributed by atoms with van der Waals surface area (Å²) in [7, 11) is 2.09. The molecule has 0 amide bonds. The van der Waals surface area contributed by atoms with Gasteiger partial charge in [-0.3, -0.25) is 0 Å². The summed E-state index contributed by atoms with van der Waals surface area (Å²) in [5.41, 5.74) is 5.98. The molecule has 1 aromatic heterocycles. The van der Waals surface area contributed by atoms with Gasteiger partial charge in [0.1, 0.15) is 11.5 Å². The molecule has 0 aromatic carbocycles. The van der Waals surface area contributed by atoms with Gasteiger partial charge in [-0.05, 0) is 23.0 Å². The Morgan fingerprint density at radius 3 is 2.72 bits per heavy atom. The molecule has 0 atom stereocenters. The third-order valence-corrected chi connectivity index (χ3v) is 4.02. The molecule has 0 bridgehead atoms. The van der Waals surface area contributed by atoms with Crippen molar-refractivity contribution < 1.29 is 0 Å². The van der Waals surface area contributed by atoms with E-state index >= 15 is 0 Å². The zero-order chi connectivity index (χ0) is 13.1. The van der Waals surface area contributed by atoms with Crippen molar-refractivity contribution in [3.05, 3.63) is 16.0 Å². The standard InChI is InChI=1S/C10H14BrClN6/c1-17-2-4-18(5-3-17)10(13)16-9-7(11)8(12)14-6-15-9/h6H,2-5H2,1H3,(H2,13,14,15,16). The number of aliphatic imine (C=N–C) groups is 1. The number of nitrogens with zero attached hydrogens (tertiary/aromatic N) is 5. The molecule has 2 rings (SSSR count). The smallest absolute Gasteiger partial charge is 0.198 e. The van der Waals surface area contributed by atoms with Crippen molar-refractivity contribution in [2.24, 2.45) is 10.7 Å². The van der Waals surface area contributed by atoms with Gasteiger partial charge in [0, 0.05) is 26.2 Å². The zero-order valence-electron chi connectivity index (χ0n) is 9.98. The highest BCUT2D eigenvalue weighted by Crippen LogP contribution is 2.28. The molecule has 0 saturated carbocycles. The van der Waals surface area contributed by atoms with E-state index < -0.39 is 0 Å². The average molecular weight is 334 g/mol. The second-order valence-corrected chi connectivity index (χ2v) is 5.21. The number of guanidine groups is 1. The molecule has 2 heterocycles. The van der Waals surface area contributed by atoms with Crippen LogP contribution < -0.4 is 5.73 Å². The van der Waals surface area contributed by atoms with Gasteiger partial charge in [0.05, 0.1) is 4.47 Å². The van der Waals surface area contributed by atoms with Crippen molar-refractivity contribution in [2.45, 2.75) is 0 Å². The minimum atomic E-state index is 0.329. The van der Waals surface area contributed by atoms with Gasteiger partial charge >= 0.3 is 0 Å². The fourth-order valence-corrected chi connectivity index (χ4v) is 2.05. The number of rotatable bonds is 1. The minimum Gasteiger partial charge on any atom is -0.369 e. The van der Waals surface area contributed by atoms with Crippen molar-refractivity contribution in [3.63, 3.8) is 0 Å². The summed E-state index contributed by atoms with van der Waals surface area (Å²) in [5.74, 6) is 0.907. The van der Waals surface area contributed by atoms with Crippen LogP contribution >= 0.6 is 27.5 Å². The van der Waals surface area contributed by atoms with E-state index in [0.29, 0.717) is 21.4 Å². The highest BCUT2D eigenvalue weighted by atomic mass is 79.9. The van der Waals surface area contributed by atoms with Crippen LogP contribution in [-0.2, 0) is 0 Å². The van der Waals surface area contributed by atoms with Gasteiger partial charge in [-0.15, -0.1) is 0 Å². The van der Waals surface area contributed by atoms with Gasteiger partial charge in [0.25, 0.3) is 0 Å². The van der Waals surface area contributed by atoms with Gasteiger partial charge in [0.2, 0.25) is 0 Å². The maximum atomic E-state index is 5.98. The third-order valence-electron chi connectivity index (χ3n) is 2.78. The lowest BCUT2D eigenvalue weighted by atomic mass is 10.3. The van der Waals surface area contributed by atoms with Crippen molar-refractivity contribution >= 4 is 39.3 Å². The Bertz CT molecular complexity index is 458. The number of hydrogen-bond donors (Lipinski definition) is 1. The third kappa shape index (κ3) is 3.09. The molecule has 1 aromatic rings. The van der Waals surface area contributed by atoms with Crippen LogP contribution in [0.25, 0.3) is 0 Å². The van der Waals surface area contributed by atoms with Crippen LogP contribution in [0.4, 0.5) is 5.82 Å². The lowest BCUT2D eigenvalue weighted by Crippen LogP contribution is -2.49. The molecular formula is C10H14BrClN6. The Morgan fingerprint density at radius 2 is 2.06 bits per heavy atom. The number of halogens is 2. The molecule has 1 aliphatic rings. The Morgan fingerprint density at radius 1 is 1.39 bits per heavy atom. The molecule has 6 nitrogen and oxygen atoms in total. The van der Waals surface area contributed by atoms with Crippen molar-refractivity contribution in [3.8, 4) is 0 Å². The van der Waals surface area contributed by atoms with Gasteiger partial charge in [-0.25, -0.2) is 9.97 Å². The average Bonchev–Trinajstić information content (AvgIpc) is 2.36. The summed E-state index contributed by atoms with van der Waals surface area (Å²) in [6.07, 6.45) is 1.36. The largest absolute Gasteiger partial charge is 0.369 e. The summed E-state index contributed by atoms with van der Waals surface area (Å²) in [4.78, 5) is 16.5. The summed E-state index contributed by atoms with van der Waals surface area (Å²) in [5, 5.41) is 0.329. The van der Waals surface area contributed by atoms with Crippen molar-refractivity contribution in [2.75, 3.05) is 33.2 Å². The molecule has 98 valence electrons. The van der Waals surface area contributed by atoms with Crippen molar-refractivity contribution in [1.82, 2.24) is 19.8 Å². The van der Waals surface area contributed by atoms with E-state index in [9.17, 15) is 0 Å². The lowest BCUT2D eigenvalue weighted by Gasteiger charge is -2.32. The Hall–Kier alpha value is -0.920. The summed E-state index contributed by atoms with van der Waals surface area (Å²) < 4.78 is 0.559. The Labute approximate surface area is 119 Å². The van der Waals surface area contributed by atoms with Crippen LogP contribution in [0.2, 0.25) is 5.15 Å². The first kappa shape index (κ1) is 13.5. The number of nitrogens with two attached hydrogens (primary N) is 1. The van der Waals surface area contributed by atoms with E-state index in [2.05, 4.69) is 42.8 Å². The monoisotopic (exact) mass is 332 g/mol. The molecular weight excluding hydrogens is 320 g/mol. The molecule has 0 aliphatic carbocycles. The van der Waals surface area contributed by atoms with Gasteiger partial charge in [-0.2, -0.15) is 4.99 Å². The summed E-state index contributed by atoms with van der Waals surface area (Å²) >= 11 is 9.17. The van der Waals surface area contributed by atoms with E-state index in [0.717, 1.165) is 26.2 Å². The first-order valence-corrected chi connectivity index (χ1v) is 6.68. The minimum absolute atomic E-state index is 0.329. The fourth-order valence-electron chi connectivity index (χ4n) is 1.63. The molecule has 0 unspecified atom stereocenters. The Kier molecular flexibility index (Phi) is 4.36. The molecule has 0 spiro atoms. The van der Waals surface area contributed by atoms with Crippen LogP contribution in [0.1, 0.15) is 0 Å². The fraction of sp³-hybridized carbons (Fsp3) is 0.500. The van der Waals surface area contributed by atoms with E-state index in [1.165, 1.54) is 6.33 Å². The van der Waals surface area contributed by atoms with E-state index in [1.807, 2.05) is 4.90 Å². The molecule has 1 aliphatic heterocycles. The number of likely N-dealkylation sites (N-methyl/N-ethyl adjacent to an activating group) is 1. The highest BCUT2D eigenvalue weighted by molar-refractivity contribution is 9.10. The van der Waals surface area contributed by atoms with E-state index in [-0.39, 0.29) is 0 Å². The first-order chi connectivity index (χ1) is 8.58. The Balaban J connectivity index is 2.15. The predicted octanol–water partition coefficient (Wildman–Crippen LogP) is 1.09. The lowest BCUT2D eigenvalue weighted by molar-refractivity contribution is 0.214. The molecule has 0 radical (unpaired) electrons. The topological polar surface area (TPSA) is 70.6 Å². The maximum absolute atomic E-state index is 5.98. The van der Waals surface area contributed by atoms with Crippen LogP contribution in [0.3, 0.4) is 0 Å². The van der Waals surface area contributed by atoms with Crippen LogP contribution in [0.5, 0.6) is 0 Å². The SMILES string of the molecule is CN1CCN(/C(N)=N/c2ncnc(Cl)c2Br)CC1. The van der Waals surface area contributed by atoms with Crippen LogP contribution in [0, 0.1) is 0 Å². The summed E-state index contributed by atoms with van der Waals surface area (Å²) in [6.45, 7) is 3.67. The quantitative estimate of drug-likeness (QED) is 0.473. The van der Waals surface area contributed by atoms with E-state index in [4.69, 9.17) is 17.3 Å². The van der Waals surface area contributed by atoms with Crippen LogP contribution in [-0.4, -0.2) is 59.0 Å². The number of piperazine rings is 1. The second-order valence-electron chi connectivity index (χ2n) is 4.06. The molecule has 18 heavy (non-hydrogen) atoms. The number of aromatic nitrogens is 2. The van der Waals surface area contributed by atoms with Gasteiger partial charge in [0.15, 0.2) is 11.8 Å². The van der Waals surface area contributed by atoms with E-state index in [1.54, 1.807) is 0 Å². The molecule has 1 saturated heterocycles. The normalized spacial score (nSPS) is 18.2. The molecule has 8 heteroatoms. The van der Waals surface area contributed by atoms with Crippen molar-refractivity contribution in [1.29, 1.82) is 0 Å². The second kappa shape index (κ2) is 5.81. The number of hydrogen-bond acceptors (Lipinski definition) is 4. The highest BCUT2D eigenvalue weighted by Gasteiger charge is 2.16. The molecule has 1 fully saturated rings. The predicted molar refractivity (Wildman–Crippen MR) is 75.1 cm³/mol. The first-order valence-electron chi connectivity index (χ1n) is 5.51. The molecule has 2 N–H and O–H groups in total. The van der Waals surface area contributed by atoms with Crippen LogP contribution in [0.15, 0.2) is 15.8 Å². The van der Waals surface area contributed by atoms with Gasteiger partial charge in [-0.1, -0.05) is 11.6 Å². The van der Waals surface area contributed by atoms with Gasteiger partial charge < -0.3 is 15.5 Å². The maximum Gasteiger partial charge on any atom is 0.198 e. The summed E-state index contributed by atoms with van der Waals surface area (Å²) in [6, 6.07) is 0.